The summed E-state index contributed by atoms with van der Waals surface area (Å²) in [7, 11) is 3.25. The molecule has 0 saturated carbocycles. The summed E-state index contributed by atoms with van der Waals surface area (Å²) in [6, 6.07) is 15.7. The summed E-state index contributed by atoms with van der Waals surface area (Å²) in [4.78, 5) is 14.7. The van der Waals surface area contributed by atoms with E-state index in [4.69, 9.17) is 20.2 Å². The van der Waals surface area contributed by atoms with Crippen molar-refractivity contribution in [1.82, 2.24) is 19.5 Å². The Balaban J connectivity index is 1.57. The molecule has 34 heavy (non-hydrogen) atoms. The Morgan fingerprint density at radius 3 is 2.50 bits per heavy atom. The number of thiazole rings is 1. The molecule has 0 saturated heterocycles. The van der Waals surface area contributed by atoms with Crippen LogP contribution in [0.1, 0.15) is 16.7 Å². The normalized spacial score (nSPS) is 11.0. The van der Waals surface area contributed by atoms with Crippen LogP contribution in [0.3, 0.4) is 0 Å². The highest BCUT2D eigenvalue weighted by molar-refractivity contribution is 7.21. The number of anilines is 2. The fraction of sp³-hybridized carbons (Fsp3) is 0.167. The lowest BCUT2D eigenvalue weighted by Gasteiger charge is -2.12. The number of nitrogens with zero attached hydrogens (tertiary/aromatic N) is 5. The molecule has 2 aromatic carbocycles. The first kappa shape index (κ1) is 21.5. The van der Waals surface area contributed by atoms with Gasteiger partial charge in [-0.1, -0.05) is 29.5 Å². The van der Waals surface area contributed by atoms with Gasteiger partial charge in [0.05, 0.1) is 19.9 Å². The Hall–Kier alpha value is -4.36. The first-order valence-electron chi connectivity index (χ1n) is 10.4. The molecule has 0 aliphatic heterocycles. The Morgan fingerprint density at radius 2 is 1.79 bits per heavy atom. The summed E-state index contributed by atoms with van der Waals surface area (Å²) >= 11 is 1.40. The molecule has 3 heterocycles. The second-order valence-electron chi connectivity index (χ2n) is 7.61. The van der Waals surface area contributed by atoms with Crippen LogP contribution in [0, 0.1) is 18.3 Å². The summed E-state index contributed by atoms with van der Waals surface area (Å²) < 4.78 is 12.3. The number of hydrogen-bond donors (Lipinski definition) is 2. The highest BCUT2D eigenvalue weighted by Crippen LogP contribution is 2.34. The van der Waals surface area contributed by atoms with Crippen LogP contribution in [0.25, 0.3) is 27.3 Å². The number of nitrogens with two attached hydrogens (primary N) is 1. The molecule has 0 radical (unpaired) electrons. The van der Waals surface area contributed by atoms with E-state index in [0.29, 0.717) is 39.1 Å². The van der Waals surface area contributed by atoms with Gasteiger partial charge in [-0.05, 0) is 36.2 Å². The molecular weight excluding hydrogens is 450 g/mol. The molecule has 5 aromatic rings. The summed E-state index contributed by atoms with van der Waals surface area (Å²) in [6.45, 7) is 2.56. The Morgan fingerprint density at radius 1 is 1.06 bits per heavy atom. The number of aromatic nitrogens is 4. The van der Waals surface area contributed by atoms with Gasteiger partial charge in [-0.15, -0.1) is 0 Å². The van der Waals surface area contributed by atoms with Crippen LogP contribution >= 0.6 is 11.3 Å². The van der Waals surface area contributed by atoms with Crippen LogP contribution in [-0.4, -0.2) is 33.7 Å². The predicted molar refractivity (Wildman–Crippen MR) is 133 cm³/mol. The van der Waals surface area contributed by atoms with Gasteiger partial charge >= 0.3 is 0 Å². The number of hydrogen-bond acceptors (Lipinski definition) is 9. The third-order valence-electron chi connectivity index (χ3n) is 5.55. The number of nitriles is 1. The van der Waals surface area contributed by atoms with Gasteiger partial charge in [-0.25, -0.2) is 9.97 Å². The zero-order valence-corrected chi connectivity index (χ0v) is 19.6. The van der Waals surface area contributed by atoms with E-state index >= 15 is 0 Å². The van der Waals surface area contributed by atoms with Crippen molar-refractivity contribution in [2.75, 3.05) is 25.3 Å². The van der Waals surface area contributed by atoms with Gasteiger partial charge in [0.25, 0.3) is 0 Å². The predicted octanol–water partition coefficient (Wildman–Crippen LogP) is 4.42. The highest BCUT2D eigenvalue weighted by Gasteiger charge is 2.22. The Kier molecular flexibility index (Phi) is 5.39. The number of methoxy groups -OCH3 is 2. The lowest BCUT2D eigenvalue weighted by atomic mass is 10.2. The number of ether oxygens (including phenoxy) is 2. The zero-order chi connectivity index (χ0) is 23.8. The third kappa shape index (κ3) is 3.62. The molecule has 0 aliphatic rings. The number of benzene rings is 2. The third-order valence-corrected chi connectivity index (χ3v) is 6.44. The molecule has 3 aromatic heterocycles. The molecular formula is C24H21N7O2S. The maximum Gasteiger partial charge on any atom is 0.192 e. The molecule has 0 fully saturated rings. The van der Waals surface area contributed by atoms with E-state index < -0.39 is 0 Å². The van der Waals surface area contributed by atoms with Crippen LogP contribution < -0.4 is 20.5 Å². The van der Waals surface area contributed by atoms with Crippen molar-refractivity contribution in [3.63, 3.8) is 0 Å². The summed E-state index contributed by atoms with van der Waals surface area (Å²) in [5, 5.41) is 13.8. The lowest BCUT2D eigenvalue weighted by Crippen LogP contribution is -2.04. The van der Waals surface area contributed by atoms with Gasteiger partial charge in [0.15, 0.2) is 21.3 Å². The monoisotopic (exact) mass is 471 g/mol. The van der Waals surface area contributed by atoms with Crippen LogP contribution in [0.5, 0.6) is 11.5 Å². The van der Waals surface area contributed by atoms with E-state index in [1.165, 1.54) is 11.3 Å². The average molecular weight is 472 g/mol. The van der Waals surface area contributed by atoms with Crippen LogP contribution in [0.4, 0.5) is 10.9 Å². The Labute approximate surface area is 199 Å². The summed E-state index contributed by atoms with van der Waals surface area (Å²) in [6.07, 6.45) is 0. The maximum atomic E-state index is 9.80. The van der Waals surface area contributed by atoms with Crippen molar-refractivity contribution in [3.8, 4) is 23.3 Å². The smallest absolute Gasteiger partial charge is 0.192 e. The second kappa shape index (κ2) is 8.53. The van der Waals surface area contributed by atoms with Gasteiger partial charge in [0.1, 0.15) is 34.5 Å². The number of fused-ring (bicyclic) bond motifs is 2. The van der Waals surface area contributed by atoms with E-state index in [1.54, 1.807) is 18.8 Å². The van der Waals surface area contributed by atoms with E-state index in [-0.39, 0.29) is 11.4 Å². The maximum absolute atomic E-state index is 9.80. The quantitative estimate of drug-likeness (QED) is 0.373. The van der Waals surface area contributed by atoms with Gasteiger partial charge in [-0.2, -0.15) is 10.2 Å². The van der Waals surface area contributed by atoms with Crippen LogP contribution in [-0.2, 0) is 6.54 Å². The molecule has 3 N–H and O–H groups in total. The fourth-order valence-electron chi connectivity index (χ4n) is 3.73. The molecule has 0 unspecified atom stereocenters. The minimum Gasteiger partial charge on any atom is -0.497 e. The molecule has 0 aliphatic carbocycles. The van der Waals surface area contributed by atoms with Gasteiger partial charge in [0.2, 0.25) is 0 Å². The molecule has 0 atom stereocenters. The molecule has 0 bridgehead atoms. The highest BCUT2D eigenvalue weighted by atomic mass is 32.1. The van der Waals surface area contributed by atoms with Crippen molar-refractivity contribution < 1.29 is 9.47 Å². The van der Waals surface area contributed by atoms with Crippen molar-refractivity contribution >= 4 is 43.9 Å². The van der Waals surface area contributed by atoms with Crippen molar-refractivity contribution in [3.05, 3.63) is 59.2 Å². The second-order valence-corrected chi connectivity index (χ2v) is 8.58. The molecule has 0 spiro atoms. The summed E-state index contributed by atoms with van der Waals surface area (Å²) in [5.74, 6) is 1.77. The zero-order valence-electron chi connectivity index (χ0n) is 18.8. The molecule has 9 nitrogen and oxygen atoms in total. The van der Waals surface area contributed by atoms with E-state index in [9.17, 15) is 5.26 Å². The number of rotatable bonds is 6. The van der Waals surface area contributed by atoms with Crippen LogP contribution in [0.2, 0.25) is 0 Å². The number of nitrogens with one attached hydrogen (secondary N) is 1. The van der Waals surface area contributed by atoms with Crippen molar-refractivity contribution in [2.45, 2.75) is 13.5 Å². The number of aryl methyl sites for hydroxylation is 1. The molecule has 170 valence electrons. The number of nitrogen functional groups attached to an aromatic ring is 1. The van der Waals surface area contributed by atoms with E-state index in [2.05, 4.69) is 21.4 Å². The minimum absolute atomic E-state index is 0.271. The Bertz CT molecular complexity index is 1570. The van der Waals surface area contributed by atoms with Crippen molar-refractivity contribution in [2.24, 2.45) is 0 Å². The van der Waals surface area contributed by atoms with Gasteiger partial charge in [-0.3, -0.25) is 4.57 Å². The summed E-state index contributed by atoms with van der Waals surface area (Å²) in [5.41, 5.74) is 10.9. The SMILES string of the molecule is COc1ccc(CNc2nc3nc4c(C#N)c(N)n(-c5cc(OC)ccc5C)c4nc3s2)cc1. The van der Waals surface area contributed by atoms with E-state index in [1.807, 2.05) is 49.4 Å². The van der Waals surface area contributed by atoms with E-state index in [0.717, 1.165) is 22.6 Å². The average Bonchev–Trinajstić information content (AvgIpc) is 3.38. The molecule has 0 amide bonds. The van der Waals surface area contributed by atoms with Gasteiger partial charge in [0, 0.05) is 12.6 Å². The lowest BCUT2D eigenvalue weighted by molar-refractivity contribution is 0.414. The molecule has 5 rings (SSSR count). The van der Waals surface area contributed by atoms with Crippen molar-refractivity contribution in [1.29, 1.82) is 5.26 Å². The molecule has 10 heteroatoms. The fourth-order valence-corrected chi connectivity index (χ4v) is 4.51. The van der Waals surface area contributed by atoms with Crippen LogP contribution in [0.15, 0.2) is 42.5 Å². The van der Waals surface area contributed by atoms with Gasteiger partial charge < -0.3 is 20.5 Å². The minimum atomic E-state index is 0.271. The topological polar surface area (TPSA) is 124 Å². The largest absolute Gasteiger partial charge is 0.497 e. The first-order chi connectivity index (χ1) is 16.5. The standard InChI is InChI=1S/C24H21N7O2S/c1-13-4-7-16(33-3)10-18(13)31-20(26)17(11-25)19-22(31)30-23-21(28-19)29-24(34-23)27-12-14-5-8-15(32-2)9-6-14/h4-10H,12,26H2,1-3H3,(H,27,28,29). The first-order valence-corrected chi connectivity index (χ1v) is 11.2.